The summed E-state index contributed by atoms with van der Waals surface area (Å²) >= 11 is 0. The number of anilines is 1. The molecule has 2 aromatic carbocycles. The first-order chi connectivity index (χ1) is 14.1. The molecule has 0 saturated heterocycles. The summed E-state index contributed by atoms with van der Waals surface area (Å²) in [6.07, 6.45) is 0.375. The normalized spacial score (nSPS) is 10.4. The predicted octanol–water partition coefficient (Wildman–Crippen LogP) is 3.49. The van der Waals surface area contributed by atoms with Crippen LogP contribution in [0.3, 0.4) is 0 Å². The molecule has 0 aliphatic rings. The Morgan fingerprint density at radius 1 is 1.07 bits per heavy atom. The Kier molecular flexibility index (Phi) is 6.57. The Morgan fingerprint density at radius 3 is 2.62 bits per heavy atom. The lowest BCUT2D eigenvalue weighted by atomic mass is 10.1. The molecule has 0 aliphatic heterocycles. The van der Waals surface area contributed by atoms with Crippen molar-refractivity contribution in [3.63, 3.8) is 0 Å². The molecule has 150 valence electrons. The van der Waals surface area contributed by atoms with E-state index in [2.05, 4.69) is 15.5 Å². The minimum absolute atomic E-state index is 0.116. The van der Waals surface area contributed by atoms with Gasteiger partial charge in [-0.05, 0) is 31.2 Å². The second-order valence-electron chi connectivity index (χ2n) is 6.02. The number of para-hydroxylation sites is 2. The van der Waals surface area contributed by atoms with Gasteiger partial charge in [-0.1, -0.05) is 24.3 Å². The van der Waals surface area contributed by atoms with Crippen LogP contribution in [0.1, 0.15) is 29.6 Å². The Morgan fingerprint density at radius 2 is 1.83 bits per heavy atom. The van der Waals surface area contributed by atoms with Crippen LogP contribution in [0.5, 0.6) is 5.75 Å². The molecule has 0 aliphatic carbocycles. The van der Waals surface area contributed by atoms with E-state index in [4.69, 9.17) is 13.9 Å². The Hall–Kier alpha value is -3.68. The van der Waals surface area contributed by atoms with Gasteiger partial charge in [0.05, 0.1) is 30.5 Å². The van der Waals surface area contributed by atoms with Crippen molar-refractivity contribution in [2.24, 2.45) is 0 Å². The highest BCUT2D eigenvalue weighted by Gasteiger charge is 2.16. The highest BCUT2D eigenvalue weighted by molar-refractivity contribution is 6.01. The van der Waals surface area contributed by atoms with E-state index in [1.54, 1.807) is 44.4 Å². The van der Waals surface area contributed by atoms with Crippen molar-refractivity contribution in [1.82, 2.24) is 10.2 Å². The van der Waals surface area contributed by atoms with Crippen LogP contribution in [-0.2, 0) is 16.0 Å². The third-order valence-electron chi connectivity index (χ3n) is 4.07. The monoisotopic (exact) mass is 395 g/mol. The maximum atomic E-state index is 12.3. The van der Waals surface area contributed by atoms with Gasteiger partial charge in [0, 0.05) is 12.8 Å². The summed E-state index contributed by atoms with van der Waals surface area (Å²) in [6.45, 7) is 1.98. The number of aryl methyl sites for hydroxylation is 1. The van der Waals surface area contributed by atoms with Gasteiger partial charge in [-0.3, -0.25) is 4.79 Å². The van der Waals surface area contributed by atoms with Crippen LogP contribution in [0.2, 0.25) is 0 Å². The van der Waals surface area contributed by atoms with Crippen LogP contribution >= 0.6 is 0 Å². The van der Waals surface area contributed by atoms with Crippen molar-refractivity contribution >= 4 is 17.6 Å². The molecule has 29 heavy (non-hydrogen) atoms. The number of carbonyl (C=O) groups excluding carboxylic acids is 2. The number of methoxy groups -OCH3 is 1. The minimum Gasteiger partial charge on any atom is -0.496 e. The molecule has 0 radical (unpaired) electrons. The standard InChI is InChI=1S/C21H21N3O5/c1-3-28-21(26)14-8-4-6-10-16(14)22-18(25)12-13-19-23-24-20(29-19)15-9-5-7-11-17(15)27-2/h4-11H,3,12-13H2,1-2H3,(H,22,25). The lowest BCUT2D eigenvalue weighted by Crippen LogP contribution is -2.16. The first kappa shape index (κ1) is 20.1. The topological polar surface area (TPSA) is 104 Å². The molecule has 1 N–H and O–H groups in total. The molecule has 3 aromatic rings. The Bertz CT molecular complexity index is 999. The quantitative estimate of drug-likeness (QED) is 0.582. The summed E-state index contributed by atoms with van der Waals surface area (Å²) in [4.78, 5) is 24.3. The fraction of sp³-hybridized carbons (Fsp3) is 0.238. The van der Waals surface area contributed by atoms with Gasteiger partial charge in [0.2, 0.25) is 11.8 Å². The lowest BCUT2D eigenvalue weighted by Gasteiger charge is -2.09. The minimum atomic E-state index is -0.484. The maximum absolute atomic E-state index is 12.3. The zero-order valence-corrected chi connectivity index (χ0v) is 16.2. The average molecular weight is 395 g/mol. The SMILES string of the molecule is CCOC(=O)c1ccccc1NC(=O)CCc1nnc(-c2ccccc2OC)o1. The summed E-state index contributed by atoms with van der Waals surface area (Å²) in [6, 6.07) is 14.0. The van der Waals surface area contributed by atoms with Crippen LogP contribution in [0.15, 0.2) is 52.9 Å². The van der Waals surface area contributed by atoms with Crippen molar-refractivity contribution in [3.05, 3.63) is 60.0 Å². The van der Waals surface area contributed by atoms with Gasteiger partial charge in [0.15, 0.2) is 0 Å². The third kappa shape index (κ3) is 4.98. The van der Waals surface area contributed by atoms with Crippen LogP contribution in [-0.4, -0.2) is 35.8 Å². The smallest absolute Gasteiger partial charge is 0.340 e. The first-order valence-electron chi connectivity index (χ1n) is 9.14. The average Bonchev–Trinajstić information content (AvgIpc) is 3.21. The molecule has 1 aromatic heterocycles. The summed E-state index contributed by atoms with van der Waals surface area (Å²) in [5, 5.41) is 10.7. The zero-order valence-electron chi connectivity index (χ0n) is 16.2. The molecule has 1 heterocycles. The number of carbonyl (C=O) groups is 2. The molecule has 0 bridgehead atoms. The second-order valence-corrected chi connectivity index (χ2v) is 6.02. The molecular formula is C21H21N3O5. The largest absolute Gasteiger partial charge is 0.496 e. The molecule has 0 spiro atoms. The van der Waals surface area contributed by atoms with Crippen molar-refractivity contribution < 1.29 is 23.5 Å². The molecule has 0 saturated carbocycles. The van der Waals surface area contributed by atoms with E-state index < -0.39 is 5.97 Å². The number of rotatable bonds is 8. The molecule has 0 unspecified atom stereocenters. The highest BCUT2D eigenvalue weighted by Crippen LogP contribution is 2.28. The van der Waals surface area contributed by atoms with E-state index in [0.29, 0.717) is 34.3 Å². The number of benzene rings is 2. The van der Waals surface area contributed by atoms with Gasteiger partial charge in [-0.2, -0.15) is 0 Å². The first-order valence-corrected chi connectivity index (χ1v) is 9.14. The molecule has 0 fully saturated rings. The maximum Gasteiger partial charge on any atom is 0.340 e. The van der Waals surface area contributed by atoms with E-state index >= 15 is 0 Å². The number of nitrogens with one attached hydrogen (secondary N) is 1. The molecule has 0 atom stereocenters. The Balaban J connectivity index is 1.63. The fourth-order valence-corrected chi connectivity index (χ4v) is 2.70. The van der Waals surface area contributed by atoms with Crippen molar-refractivity contribution in [3.8, 4) is 17.2 Å². The number of hydrogen-bond acceptors (Lipinski definition) is 7. The van der Waals surface area contributed by atoms with Gasteiger partial charge in [-0.25, -0.2) is 4.79 Å². The van der Waals surface area contributed by atoms with E-state index in [1.807, 2.05) is 18.2 Å². The number of ether oxygens (including phenoxy) is 2. The van der Waals surface area contributed by atoms with Crippen LogP contribution in [0, 0.1) is 0 Å². The highest BCUT2D eigenvalue weighted by atomic mass is 16.5. The third-order valence-corrected chi connectivity index (χ3v) is 4.07. The number of nitrogens with zero attached hydrogens (tertiary/aromatic N) is 2. The summed E-state index contributed by atoms with van der Waals surface area (Å²) in [7, 11) is 1.56. The summed E-state index contributed by atoms with van der Waals surface area (Å²) in [5.41, 5.74) is 1.39. The molecule has 1 amide bonds. The number of esters is 1. The van der Waals surface area contributed by atoms with Crippen molar-refractivity contribution in [1.29, 1.82) is 0 Å². The molecule has 3 rings (SSSR count). The van der Waals surface area contributed by atoms with Gasteiger partial charge in [0.1, 0.15) is 5.75 Å². The van der Waals surface area contributed by atoms with E-state index in [0.717, 1.165) is 0 Å². The number of hydrogen-bond donors (Lipinski definition) is 1. The van der Waals surface area contributed by atoms with Gasteiger partial charge >= 0.3 is 5.97 Å². The molecule has 8 nitrogen and oxygen atoms in total. The summed E-state index contributed by atoms with van der Waals surface area (Å²) in [5.74, 6) is 0.516. The van der Waals surface area contributed by atoms with E-state index in [9.17, 15) is 9.59 Å². The van der Waals surface area contributed by atoms with Crippen molar-refractivity contribution in [2.75, 3.05) is 19.0 Å². The van der Waals surface area contributed by atoms with Crippen LogP contribution < -0.4 is 10.1 Å². The molecular weight excluding hydrogens is 374 g/mol. The summed E-state index contributed by atoms with van der Waals surface area (Å²) < 4.78 is 16.0. The molecule has 8 heteroatoms. The van der Waals surface area contributed by atoms with Gasteiger partial charge in [0.25, 0.3) is 5.89 Å². The Labute approximate surface area is 167 Å². The number of amides is 1. The van der Waals surface area contributed by atoms with Gasteiger partial charge < -0.3 is 19.2 Å². The zero-order chi connectivity index (χ0) is 20.6. The fourth-order valence-electron chi connectivity index (χ4n) is 2.70. The van der Waals surface area contributed by atoms with Gasteiger partial charge in [-0.15, -0.1) is 10.2 Å². The van der Waals surface area contributed by atoms with Crippen molar-refractivity contribution in [2.45, 2.75) is 19.8 Å². The second kappa shape index (κ2) is 9.50. The number of aromatic nitrogens is 2. The van der Waals surface area contributed by atoms with Crippen LogP contribution in [0.25, 0.3) is 11.5 Å². The van der Waals surface area contributed by atoms with E-state index in [1.165, 1.54) is 0 Å². The lowest BCUT2D eigenvalue weighted by molar-refractivity contribution is -0.116. The van der Waals surface area contributed by atoms with Crippen LogP contribution in [0.4, 0.5) is 5.69 Å². The van der Waals surface area contributed by atoms with E-state index in [-0.39, 0.29) is 25.4 Å². The predicted molar refractivity (Wildman–Crippen MR) is 106 cm³/mol.